The van der Waals surface area contributed by atoms with Crippen LogP contribution in [0.3, 0.4) is 0 Å². The number of Topliss-reactive ketones (excluding diaryl/α,β-unsaturated/α-hetero) is 3. The lowest BCUT2D eigenvalue weighted by molar-refractivity contribution is -0.271. The molecule has 0 aromatic heterocycles. The van der Waals surface area contributed by atoms with Crippen LogP contribution < -0.4 is 5.32 Å². The first-order valence-corrected chi connectivity index (χ1v) is 26.0. The molecule has 5 unspecified atom stereocenters. The van der Waals surface area contributed by atoms with Crippen molar-refractivity contribution in [3.05, 3.63) is 59.8 Å². The van der Waals surface area contributed by atoms with Gasteiger partial charge in [0, 0.05) is 58.7 Å². The molecule has 16 nitrogen and oxygen atoms in total. The van der Waals surface area contributed by atoms with Crippen molar-refractivity contribution < 1.29 is 67.3 Å². The summed E-state index contributed by atoms with van der Waals surface area (Å²) in [4.78, 5) is 72.3. The van der Waals surface area contributed by atoms with Crippen LogP contribution >= 0.6 is 0 Å². The van der Waals surface area contributed by atoms with Gasteiger partial charge >= 0.3 is 5.97 Å². The Labute approximate surface area is 421 Å². The highest BCUT2D eigenvalue weighted by Gasteiger charge is 2.53. The van der Waals surface area contributed by atoms with Crippen molar-refractivity contribution in [2.24, 2.45) is 29.6 Å². The molecule has 71 heavy (non-hydrogen) atoms. The van der Waals surface area contributed by atoms with E-state index >= 15 is 0 Å². The minimum absolute atomic E-state index is 0.000924. The lowest BCUT2D eigenvalue weighted by atomic mass is 9.80. The number of amides is 1. The Kier molecular flexibility index (Phi) is 22.6. The molecule has 398 valence electrons. The molecule has 16 heteroatoms. The molecule has 1 saturated carbocycles. The fourth-order valence-electron chi connectivity index (χ4n) is 10.7. The van der Waals surface area contributed by atoms with Gasteiger partial charge in [0.1, 0.15) is 42.6 Å². The third-order valence-electron chi connectivity index (χ3n) is 15.2. The first kappa shape index (κ1) is 58.2. The zero-order valence-corrected chi connectivity index (χ0v) is 43.8. The van der Waals surface area contributed by atoms with Crippen LogP contribution in [0.1, 0.15) is 125 Å². The van der Waals surface area contributed by atoms with Crippen LogP contribution in [-0.4, -0.2) is 146 Å². The molecule has 3 saturated heterocycles. The summed E-state index contributed by atoms with van der Waals surface area (Å²) in [5, 5.41) is 26.7. The van der Waals surface area contributed by atoms with Gasteiger partial charge in [-0.15, -0.1) is 0 Å². The van der Waals surface area contributed by atoms with Crippen molar-refractivity contribution in [1.82, 2.24) is 10.2 Å². The summed E-state index contributed by atoms with van der Waals surface area (Å²) in [7, 11) is 4.56. The van der Waals surface area contributed by atoms with Gasteiger partial charge < -0.3 is 48.3 Å². The Bertz CT molecular complexity index is 1960. The first-order valence-electron chi connectivity index (χ1n) is 26.0. The van der Waals surface area contributed by atoms with Crippen LogP contribution in [0.25, 0.3) is 0 Å². The molecule has 4 aliphatic heterocycles. The number of piperidine rings is 1. The van der Waals surface area contributed by atoms with Gasteiger partial charge in [-0.2, -0.15) is 0 Å². The lowest BCUT2D eigenvalue weighted by Gasteiger charge is -2.43. The summed E-state index contributed by atoms with van der Waals surface area (Å²) in [6, 6.07) is -1.19. The van der Waals surface area contributed by atoms with Crippen molar-refractivity contribution in [2.75, 3.05) is 41.1 Å². The number of esters is 1. The number of carbonyl (C=O) groups is 5. The number of carbonyl (C=O) groups excluding carboxylic acids is 5. The average Bonchev–Trinajstić information content (AvgIpc) is 3.36. The Morgan fingerprint density at radius 1 is 0.873 bits per heavy atom. The van der Waals surface area contributed by atoms with Crippen molar-refractivity contribution in [3.8, 4) is 0 Å². The molecule has 5 rings (SSSR count). The van der Waals surface area contributed by atoms with Gasteiger partial charge in [0.2, 0.25) is 5.79 Å². The van der Waals surface area contributed by atoms with Crippen LogP contribution in [0.2, 0.25) is 0 Å². The van der Waals surface area contributed by atoms with Gasteiger partial charge in [-0.05, 0) is 119 Å². The summed E-state index contributed by atoms with van der Waals surface area (Å²) in [6.45, 7) is 16.4. The van der Waals surface area contributed by atoms with Crippen LogP contribution in [0.4, 0.5) is 0 Å². The van der Waals surface area contributed by atoms with E-state index in [9.17, 15) is 34.2 Å². The number of cyclic esters (lactones) is 1. The van der Waals surface area contributed by atoms with E-state index in [1.807, 2.05) is 51.2 Å². The zero-order chi connectivity index (χ0) is 52.0. The summed E-state index contributed by atoms with van der Waals surface area (Å²) >= 11 is 0. The molecule has 1 amide bonds. The third-order valence-corrected chi connectivity index (χ3v) is 15.2. The van der Waals surface area contributed by atoms with Gasteiger partial charge in [-0.25, -0.2) is 4.79 Å². The molecule has 15 atom stereocenters. The Morgan fingerprint density at radius 3 is 2.32 bits per heavy atom. The molecular formula is C55H84N2O14. The van der Waals surface area contributed by atoms with E-state index < -0.39 is 78.0 Å². The number of nitrogens with one attached hydrogen (secondary N) is 1. The van der Waals surface area contributed by atoms with E-state index in [-0.39, 0.29) is 61.1 Å². The maximum Gasteiger partial charge on any atom is 0.329 e. The first-order chi connectivity index (χ1) is 33.8. The predicted molar refractivity (Wildman–Crippen MR) is 266 cm³/mol. The SMILES string of the molecule is C=C(CC1CCC(OC2CCCOC2)C(OC)C1)[C@@H]1CC(=O)[C@H](C)/C=C(\C)C(O)[C@@H](OC)C(=O)[C@H](C)C[C@H](C)/C=C/C=C/C=C(\C)[C@@H](OC)N[C@@H]2CC[C@@H](C)[C@@](O)(O2)C(=O)C(=O)N2CCCC[C@H]2C(=O)O1. The Morgan fingerprint density at radius 2 is 1.63 bits per heavy atom. The highest BCUT2D eigenvalue weighted by molar-refractivity contribution is 6.39. The van der Waals surface area contributed by atoms with E-state index in [0.717, 1.165) is 42.8 Å². The van der Waals surface area contributed by atoms with Crippen molar-refractivity contribution in [1.29, 1.82) is 0 Å². The van der Waals surface area contributed by atoms with Gasteiger partial charge in [0.25, 0.3) is 11.7 Å². The number of ether oxygens (including phenoxy) is 7. The second kappa shape index (κ2) is 27.5. The molecule has 4 fully saturated rings. The zero-order valence-electron chi connectivity index (χ0n) is 43.8. The molecule has 0 aromatic rings. The van der Waals surface area contributed by atoms with Crippen LogP contribution in [0, 0.1) is 29.6 Å². The quantitative estimate of drug-likeness (QED) is 0.136. The fraction of sp³-hybridized carbons (Fsp3) is 0.727. The summed E-state index contributed by atoms with van der Waals surface area (Å²) in [6.07, 6.45) is 12.2. The van der Waals surface area contributed by atoms with E-state index in [1.54, 1.807) is 34.0 Å². The number of rotatable bonds is 8. The van der Waals surface area contributed by atoms with Gasteiger partial charge in [0.15, 0.2) is 5.78 Å². The topological polar surface area (TPSA) is 206 Å². The number of hydrogen-bond donors (Lipinski definition) is 3. The maximum absolute atomic E-state index is 14.5. The van der Waals surface area contributed by atoms with E-state index in [1.165, 1.54) is 14.2 Å². The van der Waals surface area contributed by atoms with Crippen LogP contribution in [0.15, 0.2) is 59.8 Å². The average molecular weight is 997 g/mol. The van der Waals surface area contributed by atoms with Crippen molar-refractivity contribution in [3.63, 3.8) is 0 Å². The molecule has 1 aliphatic carbocycles. The second-order valence-electron chi connectivity index (χ2n) is 20.8. The number of aliphatic hydroxyl groups excluding tert-OH is 1. The number of allylic oxidation sites excluding steroid dienone is 6. The Balaban J connectivity index is 1.44. The minimum atomic E-state index is -2.50. The summed E-state index contributed by atoms with van der Waals surface area (Å²) in [5.74, 6) is -8.07. The van der Waals surface area contributed by atoms with Crippen molar-refractivity contribution >= 4 is 29.2 Å². The number of nitrogens with zero attached hydrogens (tertiary/aromatic N) is 1. The number of fused-ring (bicyclic) bond motifs is 3. The summed E-state index contributed by atoms with van der Waals surface area (Å²) < 4.78 is 41.7. The molecule has 3 N–H and O–H groups in total. The molecule has 2 bridgehead atoms. The van der Waals surface area contributed by atoms with E-state index in [2.05, 4.69) is 11.9 Å². The molecule has 5 aliphatic rings. The number of ketones is 3. The van der Waals surface area contributed by atoms with E-state index in [0.29, 0.717) is 62.7 Å². The number of methoxy groups -OCH3 is 3. The monoisotopic (exact) mass is 997 g/mol. The van der Waals surface area contributed by atoms with E-state index in [4.69, 9.17) is 33.2 Å². The van der Waals surface area contributed by atoms with Crippen LogP contribution in [-0.2, 0) is 57.1 Å². The number of hydrogen-bond acceptors (Lipinski definition) is 15. The van der Waals surface area contributed by atoms with Gasteiger partial charge in [-0.3, -0.25) is 24.5 Å². The largest absolute Gasteiger partial charge is 0.456 e. The molecule has 0 radical (unpaired) electrons. The van der Waals surface area contributed by atoms with Crippen molar-refractivity contribution in [2.45, 2.75) is 186 Å². The fourth-order valence-corrected chi connectivity index (χ4v) is 10.7. The smallest absolute Gasteiger partial charge is 0.329 e. The highest BCUT2D eigenvalue weighted by Crippen LogP contribution is 2.37. The molecule has 0 aromatic carbocycles. The molecular weight excluding hydrogens is 913 g/mol. The normalized spacial score (nSPS) is 39.8. The highest BCUT2D eigenvalue weighted by atomic mass is 16.6. The number of aliphatic hydroxyl groups is 2. The third kappa shape index (κ3) is 15.7. The Hall–Kier alpha value is -3.71. The molecule has 0 spiro atoms. The van der Waals surface area contributed by atoms with Crippen LogP contribution in [0.5, 0.6) is 0 Å². The molecule has 4 heterocycles. The maximum atomic E-state index is 14.5. The predicted octanol–water partition coefficient (Wildman–Crippen LogP) is 6.42. The minimum Gasteiger partial charge on any atom is -0.456 e. The standard InChI is InChI=1S/C55H84N2O14/c1-33-17-12-11-13-18-34(2)52(67-10)56-47-24-21-39(7)55(64,71-47)51(61)53(62)57-25-15-14-20-42(57)54(63)70-45(31-43(58)35(3)28-38(6)49(60)50(66-9)48(59)37(5)27-33)36(4)29-40-22-23-44(46(30-40)65-8)69-41-19-16-26-68-32-41/h11-13,17-18,28,33,35,37,39-42,44-47,49-50,52,56,60,64H,4,14-16,19-27,29-32H2,1-3,5-10H3/b13-11+,17-12+,34-18+,38-28+/t33-,35-,37-,39-,40?,41?,42+,44?,45+,46?,47+,49?,50+,52-,55-/m1/s1. The lowest BCUT2D eigenvalue weighted by Crippen LogP contribution is -2.62. The summed E-state index contributed by atoms with van der Waals surface area (Å²) in [5.41, 5.74) is 1.65. The van der Waals surface area contributed by atoms with Gasteiger partial charge in [-0.1, -0.05) is 70.7 Å². The second-order valence-corrected chi connectivity index (χ2v) is 20.8. The van der Waals surface area contributed by atoms with Gasteiger partial charge in [0.05, 0.1) is 24.9 Å².